The van der Waals surface area contributed by atoms with Crippen LogP contribution >= 0.6 is 0 Å². The van der Waals surface area contributed by atoms with Gasteiger partial charge in [-0.25, -0.2) is 13.4 Å². The number of aromatic nitrogens is 2. The van der Waals surface area contributed by atoms with Crippen LogP contribution < -0.4 is 0 Å². The summed E-state index contributed by atoms with van der Waals surface area (Å²) in [6, 6.07) is 0.391. The van der Waals surface area contributed by atoms with Crippen molar-refractivity contribution in [3.63, 3.8) is 0 Å². The fraction of sp³-hybridized carbons (Fsp3) is 0.769. The Balaban J connectivity index is 1.90. The monoisotopic (exact) mass is 298 g/mol. The van der Waals surface area contributed by atoms with Gasteiger partial charge in [-0.3, -0.25) is 4.90 Å². The Labute approximate surface area is 120 Å². The first-order chi connectivity index (χ1) is 9.39. The minimum atomic E-state index is -3.48. The molecule has 2 aliphatic rings. The molecule has 1 aromatic rings. The predicted octanol–water partition coefficient (Wildman–Crippen LogP) is 0.586. The van der Waals surface area contributed by atoms with Gasteiger partial charge in [-0.05, 0) is 33.2 Å². The van der Waals surface area contributed by atoms with Crippen molar-refractivity contribution in [2.75, 3.05) is 19.6 Å². The lowest BCUT2D eigenvalue weighted by Crippen LogP contribution is -2.56. The Morgan fingerprint density at radius 3 is 2.75 bits per heavy atom. The highest BCUT2D eigenvalue weighted by Crippen LogP contribution is 2.28. The molecule has 6 nitrogen and oxygen atoms in total. The maximum absolute atomic E-state index is 12.8. The fourth-order valence-corrected chi connectivity index (χ4v) is 4.95. The van der Waals surface area contributed by atoms with Gasteiger partial charge < -0.3 is 4.57 Å². The third-order valence-electron chi connectivity index (χ3n) is 4.54. The van der Waals surface area contributed by atoms with Crippen LogP contribution in [0.25, 0.3) is 0 Å². The number of fused-ring (bicyclic) bond motifs is 1. The van der Waals surface area contributed by atoms with Gasteiger partial charge in [-0.1, -0.05) is 0 Å². The van der Waals surface area contributed by atoms with E-state index < -0.39 is 10.0 Å². The van der Waals surface area contributed by atoms with E-state index in [2.05, 4.69) is 9.88 Å². The summed E-state index contributed by atoms with van der Waals surface area (Å²) in [5.74, 6) is 0.718. The number of nitrogens with zero attached hydrogens (tertiary/aromatic N) is 4. The molecule has 2 aliphatic heterocycles. The van der Waals surface area contributed by atoms with Gasteiger partial charge in [0.15, 0.2) is 5.03 Å². The average molecular weight is 298 g/mol. The lowest BCUT2D eigenvalue weighted by atomic mass is 10.1. The first-order valence-corrected chi connectivity index (χ1v) is 8.59. The summed E-state index contributed by atoms with van der Waals surface area (Å²) in [6.45, 7) is 6.33. The predicted molar refractivity (Wildman–Crippen MR) is 75.9 cm³/mol. The van der Waals surface area contributed by atoms with Crippen LogP contribution in [0.4, 0.5) is 0 Å². The van der Waals surface area contributed by atoms with Gasteiger partial charge in [0.05, 0.1) is 0 Å². The van der Waals surface area contributed by atoms with Crippen LogP contribution in [0.1, 0.15) is 25.6 Å². The smallest absolute Gasteiger partial charge is 0.262 e. The van der Waals surface area contributed by atoms with Gasteiger partial charge >= 0.3 is 0 Å². The number of aryl methyl sites for hydroxylation is 2. The molecule has 0 N–H and O–H groups in total. The van der Waals surface area contributed by atoms with Crippen molar-refractivity contribution in [1.29, 1.82) is 0 Å². The molecule has 20 heavy (non-hydrogen) atoms. The van der Waals surface area contributed by atoms with E-state index in [1.807, 2.05) is 20.9 Å². The molecule has 2 saturated heterocycles. The number of imidazole rings is 1. The third kappa shape index (κ3) is 2.17. The molecule has 112 valence electrons. The van der Waals surface area contributed by atoms with E-state index in [1.165, 1.54) is 6.42 Å². The van der Waals surface area contributed by atoms with E-state index in [4.69, 9.17) is 0 Å². The molecule has 1 aromatic heterocycles. The second-order valence-electron chi connectivity index (χ2n) is 5.95. The molecule has 0 aromatic carbocycles. The summed E-state index contributed by atoms with van der Waals surface area (Å²) in [5, 5.41) is 0.177. The highest BCUT2D eigenvalue weighted by Gasteiger charge is 2.41. The van der Waals surface area contributed by atoms with Crippen molar-refractivity contribution in [2.24, 2.45) is 7.05 Å². The SMILES string of the molecule is Cc1nc(S(=O)(=O)N2C[C@H]3CCCN3C[C@@H]2C)cn1C. The molecule has 0 saturated carbocycles. The molecule has 0 aliphatic carbocycles. The largest absolute Gasteiger partial charge is 0.337 e. The molecular weight excluding hydrogens is 276 g/mol. The maximum Gasteiger partial charge on any atom is 0.262 e. The number of hydrogen-bond acceptors (Lipinski definition) is 4. The van der Waals surface area contributed by atoms with Crippen molar-refractivity contribution in [3.05, 3.63) is 12.0 Å². The molecule has 0 radical (unpaired) electrons. The summed E-state index contributed by atoms with van der Waals surface area (Å²) in [6.07, 6.45) is 3.88. The van der Waals surface area contributed by atoms with Gasteiger partial charge in [0.1, 0.15) is 5.82 Å². The lowest BCUT2D eigenvalue weighted by Gasteiger charge is -2.40. The number of rotatable bonds is 2. The molecular formula is C13H22N4O2S. The van der Waals surface area contributed by atoms with Gasteiger partial charge in [0, 0.05) is 38.4 Å². The zero-order chi connectivity index (χ0) is 14.5. The topological polar surface area (TPSA) is 58.4 Å². The zero-order valence-corrected chi connectivity index (χ0v) is 13.1. The summed E-state index contributed by atoms with van der Waals surface area (Å²) < 4.78 is 29.0. The quantitative estimate of drug-likeness (QED) is 0.802. The summed E-state index contributed by atoms with van der Waals surface area (Å²) >= 11 is 0. The van der Waals surface area contributed by atoms with E-state index in [1.54, 1.807) is 15.1 Å². The van der Waals surface area contributed by atoms with E-state index in [0.717, 1.165) is 25.3 Å². The first-order valence-electron chi connectivity index (χ1n) is 7.15. The standard InChI is InChI=1S/C13H22N4O2S/c1-10-7-16-6-4-5-12(16)8-17(10)20(18,19)13-9-15(3)11(2)14-13/h9-10,12H,4-8H2,1-3H3/t10-,12+/m0/s1. The maximum atomic E-state index is 12.8. The number of piperazine rings is 1. The van der Waals surface area contributed by atoms with Gasteiger partial charge in [-0.2, -0.15) is 4.31 Å². The minimum absolute atomic E-state index is 0.0108. The zero-order valence-electron chi connectivity index (χ0n) is 12.3. The second-order valence-corrected chi connectivity index (χ2v) is 7.79. The van der Waals surface area contributed by atoms with E-state index in [0.29, 0.717) is 12.6 Å². The lowest BCUT2D eigenvalue weighted by molar-refractivity contribution is 0.117. The molecule has 0 unspecified atom stereocenters. The number of hydrogen-bond donors (Lipinski definition) is 0. The molecule has 2 atom stereocenters. The van der Waals surface area contributed by atoms with Crippen LogP contribution in [-0.2, 0) is 17.1 Å². The second kappa shape index (κ2) is 4.82. The molecule has 0 spiro atoms. The van der Waals surface area contributed by atoms with Crippen LogP contribution in [0, 0.1) is 6.92 Å². The third-order valence-corrected chi connectivity index (χ3v) is 6.39. The van der Waals surface area contributed by atoms with Crippen molar-refractivity contribution < 1.29 is 8.42 Å². The molecule has 3 heterocycles. The molecule has 7 heteroatoms. The van der Waals surface area contributed by atoms with Crippen molar-refractivity contribution in [1.82, 2.24) is 18.8 Å². The van der Waals surface area contributed by atoms with Crippen molar-refractivity contribution in [2.45, 2.75) is 43.8 Å². The Morgan fingerprint density at radius 1 is 1.35 bits per heavy atom. The van der Waals surface area contributed by atoms with Crippen LogP contribution in [0.2, 0.25) is 0 Å². The summed E-state index contributed by atoms with van der Waals surface area (Å²) in [7, 11) is -1.66. The Kier molecular flexibility index (Phi) is 3.38. The van der Waals surface area contributed by atoms with E-state index >= 15 is 0 Å². The highest BCUT2D eigenvalue weighted by molar-refractivity contribution is 7.89. The van der Waals surface area contributed by atoms with Crippen LogP contribution in [-0.4, -0.2) is 58.9 Å². The molecule has 0 bridgehead atoms. The van der Waals surface area contributed by atoms with Crippen molar-refractivity contribution in [3.8, 4) is 0 Å². The van der Waals surface area contributed by atoms with Crippen LogP contribution in [0.15, 0.2) is 11.2 Å². The van der Waals surface area contributed by atoms with E-state index in [-0.39, 0.29) is 11.1 Å². The van der Waals surface area contributed by atoms with Crippen LogP contribution in [0.3, 0.4) is 0 Å². The average Bonchev–Trinajstić information content (AvgIpc) is 2.95. The van der Waals surface area contributed by atoms with Gasteiger partial charge in [0.25, 0.3) is 10.0 Å². The molecule has 0 amide bonds. The summed E-state index contributed by atoms with van der Waals surface area (Å²) in [5.41, 5.74) is 0. The normalized spacial score (nSPS) is 28.8. The van der Waals surface area contributed by atoms with E-state index in [9.17, 15) is 8.42 Å². The Morgan fingerprint density at radius 2 is 2.10 bits per heavy atom. The Hall–Kier alpha value is -0.920. The number of sulfonamides is 1. The molecule has 3 rings (SSSR count). The molecule has 2 fully saturated rings. The van der Waals surface area contributed by atoms with Gasteiger partial charge in [-0.15, -0.1) is 0 Å². The van der Waals surface area contributed by atoms with Crippen LogP contribution in [0.5, 0.6) is 0 Å². The fourth-order valence-electron chi connectivity index (χ4n) is 3.27. The Bertz CT molecular complexity index is 590. The minimum Gasteiger partial charge on any atom is -0.337 e. The highest BCUT2D eigenvalue weighted by atomic mass is 32.2. The summed E-state index contributed by atoms with van der Waals surface area (Å²) in [4.78, 5) is 6.61. The van der Waals surface area contributed by atoms with Gasteiger partial charge in [0.2, 0.25) is 0 Å². The first kappa shape index (κ1) is 14.0. The van der Waals surface area contributed by atoms with Crippen molar-refractivity contribution >= 4 is 10.0 Å².